The first-order valence-electron chi connectivity index (χ1n) is 5.89. The molecule has 0 bridgehead atoms. The molecule has 2 rings (SSSR count). The molecule has 1 saturated carbocycles. The van der Waals surface area contributed by atoms with Crippen LogP contribution in [0.1, 0.15) is 44.2 Å². The second kappa shape index (κ2) is 4.35. The van der Waals surface area contributed by atoms with Crippen molar-refractivity contribution in [2.75, 3.05) is 0 Å². The van der Waals surface area contributed by atoms with Crippen molar-refractivity contribution in [1.29, 1.82) is 0 Å². The Bertz CT molecular complexity index is 321. The van der Waals surface area contributed by atoms with E-state index < -0.39 is 0 Å². The molecular weight excluding hydrogens is 188 g/mol. The second-order valence-corrected chi connectivity index (χ2v) is 4.72. The molecule has 1 heterocycles. The molecule has 1 aliphatic rings. The minimum Gasteiger partial charge on any atom is -0.391 e. The summed E-state index contributed by atoms with van der Waals surface area (Å²) in [5, 5.41) is 14.3. The Morgan fingerprint density at radius 2 is 2.33 bits per heavy atom. The molecule has 0 aliphatic heterocycles. The smallest absolute Gasteiger partial charge is 0.0780 e. The van der Waals surface area contributed by atoms with Gasteiger partial charge in [0, 0.05) is 6.20 Å². The molecule has 0 radical (unpaired) electrons. The van der Waals surface area contributed by atoms with Gasteiger partial charge >= 0.3 is 0 Å². The van der Waals surface area contributed by atoms with E-state index in [4.69, 9.17) is 0 Å². The van der Waals surface area contributed by atoms with Crippen molar-refractivity contribution < 1.29 is 5.11 Å². The predicted octanol–water partition coefficient (Wildman–Crippen LogP) is 2.30. The molecule has 0 aromatic carbocycles. The summed E-state index contributed by atoms with van der Waals surface area (Å²) in [4.78, 5) is 0. The van der Waals surface area contributed by atoms with Crippen LogP contribution in [0.3, 0.4) is 0 Å². The van der Waals surface area contributed by atoms with Gasteiger partial charge in [0.1, 0.15) is 0 Å². The van der Waals surface area contributed by atoms with Crippen molar-refractivity contribution in [1.82, 2.24) is 9.78 Å². The van der Waals surface area contributed by atoms with E-state index >= 15 is 0 Å². The minimum absolute atomic E-state index is 0.192. The molecule has 1 fully saturated rings. The molecule has 3 nitrogen and oxygen atoms in total. The summed E-state index contributed by atoms with van der Waals surface area (Å²) in [5.41, 5.74) is 1.17. The van der Waals surface area contributed by atoms with Crippen LogP contribution in [0.15, 0.2) is 12.4 Å². The van der Waals surface area contributed by atoms with Crippen LogP contribution in [-0.2, 0) is 0 Å². The average Bonchev–Trinajstić information content (AvgIpc) is 2.65. The third kappa shape index (κ3) is 2.23. The maximum atomic E-state index is 9.98. The van der Waals surface area contributed by atoms with E-state index in [1.807, 2.05) is 24.0 Å². The molecule has 1 N–H and O–H groups in total. The number of hydrogen-bond acceptors (Lipinski definition) is 2. The molecule has 0 amide bonds. The third-order valence-corrected chi connectivity index (χ3v) is 3.54. The highest BCUT2D eigenvalue weighted by Crippen LogP contribution is 2.34. The largest absolute Gasteiger partial charge is 0.391 e. The van der Waals surface area contributed by atoms with Crippen LogP contribution in [0.2, 0.25) is 0 Å². The normalized spacial score (nSPS) is 31.8. The first-order valence-corrected chi connectivity index (χ1v) is 5.89. The van der Waals surface area contributed by atoms with Crippen molar-refractivity contribution in [2.45, 2.75) is 51.7 Å². The molecule has 1 aliphatic carbocycles. The number of aryl methyl sites for hydroxylation is 1. The molecule has 3 unspecified atom stereocenters. The van der Waals surface area contributed by atoms with Crippen LogP contribution in [0.4, 0.5) is 0 Å². The zero-order chi connectivity index (χ0) is 10.8. The molecule has 15 heavy (non-hydrogen) atoms. The van der Waals surface area contributed by atoms with Gasteiger partial charge in [0.15, 0.2) is 0 Å². The highest BCUT2D eigenvalue weighted by Gasteiger charge is 2.29. The summed E-state index contributed by atoms with van der Waals surface area (Å²) in [7, 11) is 0. The number of hydrogen-bond donors (Lipinski definition) is 1. The Hall–Kier alpha value is -0.830. The van der Waals surface area contributed by atoms with Crippen molar-refractivity contribution in [3.63, 3.8) is 0 Å². The number of aliphatic hydroxyl groups excluding tert-OH is 1. The van der Waals surface area contributed by atoms with Gasteiger partial charge in [0.05, 0.1) is 18.3 Å². The first kappa shape index (κ1) is 10.7. The second-order valence-electron chi connectivity index (χ2n) is 4.72. The predicted molar refractivity (Wildman–Crippen MR) is 59.6 cm³/mol. The molecule has 1 aromatic heterocycles. The van der Waals surface area contributed by atoms with Gasteiger partial charge in [-0.2, -0.15) is 5.10 Å². The van der Waals surface area contributed by atoms with Gasteiger partial charge < -0.3 is 5.11 Å². The Labute approximate surface area is 91.1 Å². The lowest BCUT2D eigenvalue weighted by Gasteiger charge is -2.32. The lowest BCUT2D eigenvalue weighted by Crippen LogP contribution is -2.31. The van der Waals surface area contributed by atoms with E-state index in [9.17, 15) is 5.11 Å². The summed E-state index contributed by atoms with van der Waals surface area (Å²) in [6.45, 7) is 4.27. The SMILES string of the molecule is CCC1CCC(O)C(n2cc(C)cn2)C1. The highest BCUT2D eigenvalue weighted by atomic mass is 16.3. The average molecular weight is 208 g/mol. The van der Waals surface area contributed by atoms with Crippen LogP contribution in [0, 0.1) is 12.8 Å². The lowest BCUT2D eigenvalue weighted by atomic mass is 9.82. The van der Waals surface area contributed by atoms with E-state index in [1.54, 1.807) is 0 Å². The number of rotatable bonds is 2. The fourth-order valence-corrected chi connectivity index (χ4v) is 2.48. The van der Waals surface area contributed by atoms with Gasteiger partial charge in [0.2, 0.25) is 0 Å². The van der Waals surface area contributed by atoms with Crippen LogP contribution in [0.5, 0.6) is 0 Å². The van der Waals surface area contributed by atoms with Gasteiger partial charge in [-0.15, -0.1) is 0 Å². The van der Waals surface area contributed by atoms with Crippen LogP contribution >= 0.6 is 0 Å². The van der Waals surface area contributed by atoms with E-state index in [0.717, 1.165) is 25.2 Å². The third-order valence-electron chi connectivity index (χ3n) is 3.54. The molecular formula is C12H20N2O. The fraction of sp³-hybridized carbons (Fsp3) is 0.750. The summed E-state index contributed by atoms with van der Waals surface area (Å²) in [5.74, 6) is 0.753. The van der Waals surface area contributed by atoms with E-state index in [-0.39, 0.29) is 12.1 Å². The van der Waals surface area contributed by atoms with Crippen LogP contribution < -0.4 is 0 Å². The fourth-order valence-electron chi connectivity index (χ4n) is 2.48. The molecule has 84 valence electrons. The standard InChI is InChI=1S/C12H20N2O/c1-3-10-4-5-12(15)11(6-10)14-8-9(2)7-13-14/h7-8,10-12,15H,3-6H2,1-2H3. The zero-order valence-corrected chi connectivity index (χ0v) is 9.56. The van der Waals surface area contributed by atoms with Gasteiger partial charge in [-0.1, -0.05) is 13.3 Å². The quantitative estimate of drug-likeness (QED) is 0.810. The maximum absolute atomic E-state index is 9.98. The maximum Gasteiger partial charge on any atom is 0.0780 e. The number of aromatic nitrogens is 2. The Morgan fingerprint density at radius 1 is 1.53 bits per heavy atom. The molecule has 0 spiro atoms. The Morgan fingerprint density at radius 3 is 2.93 bits per heavy atom. The summed E-state index contributed by atoms with van der Waals surface area (Å²) in [6.07, 6.45) is 8.04. The molecule has 3 heteroatoms. The van der Waals surface area contributed by atoms with Crippen LogP contribution in [-0.4, -0.2) is 21.0 Å². The van der Waals surface area contributed by atoms with Crippen LogP contribution in [0.25, 0.3) is 0 Å². The Balaban J connectivity index is 2.12. The van der Waals surface area contributed by atoms with Gasteiger partial charge in [-0.05, 0) is 37.7 Å². The van der Waals surface area contributed by atoms with Gasteiger partial charge in [0.25, 0.3) is 0 Å². The molecule has 1 aromatic rings. The minimum atomic E-state index is -0.216. The summed E-state index contributed by atoms with van der Waals surface area (Å²) >= 11 is 0. The number of nitrogens with zero attached hydrogens (tertiary/aromatic N) is 2. The van der Waals surface area contributed by atoms with Crippen molar-refractivity contribution in [3.8, 4) is 0 Å². The van der Waals surface area contributed by atoms with Crippen molar-refractivity contribution in [2.24, 2.45) is 5.92 Å². The van der Waals surface area contributed by atoms with E-state index in [1.165, 1.54) is 12.0 Å². The van der Waals surface area contributed by atoms with Crippen molar-refractivity contribution >= 4 is 0 Å². The summed E-state index contributed by atoms with van der Waals surface area (Å²) in [6, 6.07) is 0.192. The van der Waals surface area contributed by atoms with E-state index in [2.05, 4.69) is 12.0 Å². The van der Waals surface area contributed by atoms with E-state index in [0.29, 0.717) is 0 Å². The van der Waals surface area contributed by atoms with Gasteiger partial charge in [-0.25, -0.2) is 0 Å². The molecule has 3 atom stereocenters. The summed E-state index contributed by atoms with van der Waals surface area (Å²) < 4.78 is 1.95. The topological polar surface area (TPSA) is 38.0 Å². The van der Waals surface area contributed by atoms with Gasteiger partial charge in [-0.3, -0.25) is 4.68 Å². The lowest BCUT2D eigenvalue weighted by molar-refractivity contribution is 0.0476. The number of aliphatic hydroxyl groups is 1. The monoisotopic (exact) mass is 208 g/mol. The highest BCUT2D eigenvalue weighted by molar-refractivity contribution is 5.01. The molecule has 0 saturated heterocycles. The first-order chi connectivity index (χ1) is 7.20. The zero-order valence-electron chi connectivity index (χ0n) is 9.56. The Kier molecular flexibility index (Phi) is 3.10. The van der Waals surface area contributed by atoms with Crippen molar-refractivity contribution in [3.05, 3.63) is 18.0 Å².